The molecule has 2 aromatic rings. The molecule has 2 N–H and O–H groups in total. The Morgan fingerprint density at radius 2 is 2.04 bits per heavy atom. The van der Waals surface area contributed by atoms with E-state index in [1.54, 1.807) is 49.1 Å². The number of carbonyl (C=O) groups is 2. The number of halogens is 2. The Bertz CT molecular complexity index is 872. The normalized spacial score (nSPS) is 16.7. The minimum Gasteiger partial charge on any atom is -0.326 e. The van der Waals surface area contributed by atoms with Gasteiger partial charge in [-0.05, 0) is 61.7 Å². The van der Waals surface area contributed by atoms with Gasteiger partial charge in [-0.1, -0.05) is 17.7 Å². The van der Waals surface area contributed by atoms with Gasteiger partial charge in [-0.15, -0.1) is 0 Å². The van der Waals surface area contributed by atoms with Crippen LogP contribution in [0.3, 0.4) is 0 Å². The Balaban J connectivity index is 1.66. The Morgan fingerprint density at radius 3 is 2.77 bits per heavy atom. The quantitative estimate of drug-likeness (QED) is 0.851. The molecular weight excluding hydrogens is 357 g/mol. The number of anilines is 2. The number of rotatable bonds is 3. The molecule has 1 fully saturated rings. The highest BCUT2D eigenvalue weighted by Gasteiger charge is 2.33. The van der Waals surface area contributed by atoms with Crippen molar-refractivity contribution in [1.29, 1.82) is 0 Å². The number of carbonyl (C=O) groups excluding carboxylic acids is 2. The summed E-state index contributed by atoms with van der Waals surface area (Å²) in [6.45, 7) is 3.91. The molecule has 1 heterocycles. The van der Waals surface area contributed by atoms with Crippen LogP contribution in [0.1, 0.15) is 17.5 Å². The van der Waals surface area contributed by atoms with Gasteiger partial charge in [0.25, 0.3) is 0 Å². The summed E-state index contributed by atoms with van der Waals surface area (Å²) in [6, 6.07) is 8.67. The zero-order chi connectivity index (χ0) is 18.8. The standard InChI is InChI=1S/C19H19ClFN3O2/c1-11-10-13(6-7-15(11)21)24-9-8-17(18(24)25)23-19(26)22-16-5-3-4-14(20)12(16)2/h3-7,10,17H,8-9H2,1-2H3,(H2,22,23,26). The SMILES string of the molecule is Cc1cc(N2CCC(NC(=O)Nc3cccc(Cl)c3C)C2=O)ccc1F. The lowest BCUT2D eigenvalue weighted by atomic mass is 10.2. The molecule has 1 aliphatic rings. The molecule has 0 aromatic heterocycles. The molecule has 136 valence electrons. The second-order valence-electron chi connectivity index (χ2n) is 6.28. The molecule has 5 nitrogen and oxygen atoms in total. The van der Waals surface area contributed by atoms with Gasteiger partial charge >= 0.3 is 6.03 Å². The highest BCUT2D eigenvalue weighted by molar-refractivity contribution is 6.31. The van der Waals surface area contributed by atoms with Crippen LogP contribution in [-0.4, -0.2) is 24.5 Å². The third-order valence-corrected chi connectivity index (χ3v) is 4.89. The molecule has 1 atom stereocenters. The average molecular weight is 376 g/mol. The molecule has 3 rings (SSSR count). The molecule has 1 unspecified atom stereocenters. The summed E-state index contributed by atoms with van der Waals surface area (Å²) >= 11 is 6.04. The van der Waals surface area contributed by atoms with E-state index < -0.39 is 12.1 Å². The molecular formula is C19H19ClFN3O2. The summed E-state index contributed by atoms with van der Waals surface area (Å²) < 4.78 is 13.4. The second kappa shape index (κ2) is 7.33. The molecule has 2 aromatic carbocycles. The molecule has 0 aliphatic carbocycles. The number of aryl methyl sites for hydroxylation is 1. The van der Waals surface area contributed by atoms with Crippen molar-refractivity contribution in [2.24, 2.45) is 0 Å². The van der Waals surface area contributed by atoms with E-state index in [2.05, 4.69) is 10.6 Å². The van der Waals surface area contributed by atoms with E-state index in [-0.39, 0.29) is 11.7 Å². The predicted molar refractivity (Wildman–Crippen MR) is 100 cm³/mol. The van der Waals surface area contributed by atoms with Gasteiger partial charge < -0.3 is 15.5 Å². The predicted octanol–water partition coefficient (Wildman–Crippen LogP) is 4.02. The van der Waals surface area contributed by atoms with Gasteiger partial charge in [0.15, 0.2) is 0 Å². The number of hydrogen-bond donors (Lipinski definition) is 2. The van der Waals surface area contributed by atoms with Crippen LogP contribution < -0.4 is 15.5 Å². The number of nitrogens with one attached hydrogen (secondary N) is 2. The summed E-state index contributed by atoms with van der Waals surface area (Å²) in [6.07, 6.45) is 0.483. The largest absolute Gasteiger partial charge is 0.326 e. The molecule has 26 heavy (non-hydrogen) atoms. The monoisotopic (exact) mass is 375 g/mol. The van der Waals surface area contributed by atoms with Crippen molar-refractivity contribution in [2.75, 3.05) is 16.8 Å². The maximum absolute atomic E-state index is 13.4. The summed E-state index contributed by atoms with van der Waals surface area (Å²) in [5.41, 5.74) is 2.45. The summed E-state index contributed by atoms with van der Waals surface area (Å²) in [4.78, 5) is 26.4. The molecule has 0 saturated carbocycles. The van der Waals surface area contributed by atoms with Crippen LogP contribution >= 0.6 is 11.6 Å². The van der Waals surface area contributed by atoms with E-state index in [4.69, 9.17) is 11.6 Å². The molecule has 3 amide bonds. The summed E-state index contributed by atoms with van der Waals surface area (Å²) in [5, 5.41) is 5.96. The zero-order valence-corrected chi connectivity index (χ0v) is 15.2. The number of hydrogen-bond acceptors (Lipinski definition) is 2. The molecule has 7 heteroatoms. The van der Waals surface area contributed by atoms with Crippen molar-refractivity contribution in [2.45, 2.75) is 26.3 Å². The van der Waals surface area contributed by atoms with Crippen molar-refractivity contribution in [1.82, 2.24) is 5.32 Å². The molecule has 0 radical (unpaired) electrons. The van der Waals surface area contributed by atoms with E-state index >= 15 is 0 Å². The van der Waals surface area contributed by atoms with E-state index in [1.165, 1.54) is 6.07 Å². The van der Waals surface area contributed by atoms with Gasteiger partial charge in [-0.2, -0.15) is 0 Å². The van der Waals surface area contributed by atoms with Crippen molar-refractivity contribution in [3.8, 4) is 0 Å². The fraction of sp³-hybridized carbons (Fsp3) is 0.263. The first-order valence-electron chi connectivity index (χ1n) is 8.27. The first-order valence-corrected chi connectivity index (χ1v) is 8.65. The third-order valence-electron chi connectivity index (χ3n) is 4.48. The van der Waals surface area contributed by atoms with Crippen LogP contribution in [-0.2, 0) is 4.79 Å². The zero-order valence-electron chi connectivity index (χ0n) is 14.5. The maximum atomic E-state index is 13.4. The van der Waals surface area contributed by atoms with Crippen LogP contribution in [0.2, 0.25) is 5.02 Å². The average Bonchev–Trinajstić information content (AvgIpc) is 2.95. The summed E-state index contributed by atoms with van der Waals surface area (Å²) in [7, 11) is 0. The van der Waals surface area contributed by atoms with Crippen LogP contribution in [0.4, 0.5) is 20.6 Å². The Hall–Kier alpha value is -2.60. The molecule has 1 saturated heterocycles. The number of benzene rings is 2. The van der Waals surface area contributed by atoms with Crippen molar-refractivity contribution < 1.29 is 14.0 Å². The highest BCUT2D eigenvalue weighted by atomic mass is 35.5. The molecule has 0 bridgehead atoms. The van der Waals surface area contributed by atoms with Gasteiger partial charge in [0, 0.05) is 22.9 Å². The summed E-state index contributed by atoms with van der Waals surface area (Å²) in [5.74, 6) is -0.527. The van der Waals surface area contributed by atoms with Gasteiger partial charge in [0.2, 0.25) is 5.91 Å². The number of amides is 3. The van der Waals surface area contributed by atoms with Crippen LogP contribution in [0.15, 0.2) is 36.4 Å². The van der Waals surface area contributed by atoms with Gasteiger partial charge in [-0.3, -0.25) is 4.79 Å². The van der Waals surface area contributed by atoms with Crippen LogP contribution in [0, 0.1) is 19.7 Å². The minimum atomic E-state index is -0.625. The number of nitrogens with zero attached hydrogens (tertiary/aromatic N) is 1. The number of urea groups is 1. The Labute approximate surface area is 156 Å². The van der Waals surface area contributed by atoms with Crippen molar-refractivity contribution in [3.05, 3.63) is 58.4 Å². The lowest BCUT2D eigenvalue weighted by Gasteiger charge is -2.18. The van der Waals surface area contributed by atoms with Crippen LogP contribution in [0.5, 0.6) is 0 Å². The van der Waals surface area contributed by atoms with Gasteiger partial charge in [-0.25, -0.2) is 9.18 Å². The fourth-order valence-corrected chi connectivity index (χ4v) is 3.10. The lowest BCUT2D eigenvalue weighted by molar-refractivity contribution is -0.118. The molecule has 0 spiro atoms. The highest BCUT2D eigenvalue weighted by Crippen LogP contribution is 2.25. The topological polar surface area (TPSA) is 61.4 Å². The molecule has 1 aliphatic heterocycles. The Kier molecular flexibility index (Phi) is 5.13. The van der Waals surface area contributed by atoms with Gasteiger partial charge in [0.05, 0.1) is 0 Å². The van der Waals surface area contributed by atoms with Crippen LogP contribution in [0.25, 0.3) is 0 Å². The second-order valence-corrected chi connectivity index (χ2v) is 6.68. The maximum Gasteiger partial charge on any atom is 0.319 e. The van der Waals surface area contributed by atoms with E-state index in [0.717, 1.165) is 5.56 Å². The smallest absolute Gasteiger partial charge is 0.319 e. The van der Waals surface area contributed by atoms with E-state index in [9.17, 15) is 14.0 Å². The lowest BCUT2D eigenvalue weighted by Crippen LogP contribution is -2.43. The van der Waals surface area contributed by atoms with Gasteiger partial charge in [0.1, 0.15) is 11.9 Å². The Morgan fingerprint density at radius 1 is 1.27 bits per heavy atom. The van der Waals surface area contributed by atoms with E-state index in [1.807, 2.05) is 0 Å². The minimum absolute atomic E-state index is 0.214. The third kappa shape index (κ3) is 3.65. The van der Waals surface area contributed by atoms with Crippen molar-refractivity contribution >= 4 is 34.9 Å². The van der Waals surface area contributed by atoms with E-state index in [0.29, 0.717) is 34.9 Å². The van der Waals surface area contributed by atoms with Crippen molar-refractivity contribution in [3.63, 3.8) is 0 Å². The first-order chi connectivity index (χ1) is 12.4. The first kappa shape index (κ1) is 18.2. The fourth-order valence-electron chi connectivity index (χ4n) is 2.93.